The molecule has 152 valence electrons. The lowest BCUT2D eigenvalue weighted by Crippen LogP contribution is -2.50. The number of amides is 1. The molecule has 4 rings (SSSR count). The summed E-state index contributed by atoms with van der Waals surface area (Å²) in [7, 11) is 1.65. The van der Waals surface area contributed by atoms with Crippen LogP contribution in [0.2, 0.25) is 0 Å². The number of anilines is 1. The summed E-state index contributed by atoms with van der Waals surface area (Å²) in [6.45, 7) is 5.87. The normalized spacial score (nSPS) is 14.4. The first-order chi connectivity index (χ1) is 14.0. The largest absolute Gasteiger partial charge is 0.495 e. The number of aromatic nitrogens is 3. The fourth-order valence-electron chi connectivity index (χ4n) is 3.68. The van der Waals surface area contributed by atoms with Crippen LogP contribution in [0.4, 0.5) is 5.69 Å². The van der Waals surface area contributed by atoms with E-state index in [9.17, 15) is 9.59 Å². The number of piperazine rings is 1. The number of aryl methyl sites for hydroxylation is 2. The molecule has 1 aliphatic heterocycles. The predicted molar refractivity (Wildman–Crippen MR) is 107 cm³/mol. The summed E-state index contributed by atoms with van der Waals surface area (Å²) in [5, 5.41) is 4.12. The Morgan fingerprint density at radius 1 is 1.17 bits per heavy atom. The van der Waals surface area contributed by atoms with Crippen LogP contribution in [0.1, 0.15) is 11.5 Å². The van der Waals surface area contributed by atoms with Crippen LogP contribution in [0, 0.1) is 13.8 Å². The minimum absolute atomic E-state index is 0.0487. The van der Waals surface area contributed by atoms with Crippen LogP contribution < -0.4 is 15.2 Å². The highest BCUT2D eigenvalue weighted by Gasteiger charge is 2.24. The standard InChI is InChI=1S/C20H23N5O4/c1-13-18-19(29-22-13)21-14(2)25(20(18)27)12-17(26)24-10-8-23(9-11-24)15-6-4-5-7-16(15)28-3/h4-7H,8-12H2,1-3H3. The van der Waals surface area contributed by atoms with E-state index >= 15 is 0 Å². The van der Waals surface area contributed by atoms with Crippen molar-refractivity contribution < 1.29 is 14.1 Å². The monoisotopic (exact) mass is 397 g/mol. The number of hydrogen-bond donors (Lipinski definition) is 0. The Balaban J connectivity index is 1.48. The minimum atomic E-state index is -0.299. The predicted octanol–water partition coefficient (Wildman–Crippen LogP) is 1.36. The van der Waals surface area contributed by atoms with Gasteiger partial charge in [0.05, 0.1) is 18.5 Å². The molecular formula is C20H23N5O4. The second-order valence-electron chi connectivity index (χ2n) is 7.04. The number of rotatable bonds is 4. The molecule has 0 unspecified atom stereocenters. The Hall–Kier alpha value is -3.36. The van der Waals surface area contributed by atoms with Gasteiger partial charge in [-0.25, -0.2) is 0 Å². The number of fused-ring (bicyclic) bond motifs is 1. The summed E-state index contributed by atoms with van der Waals surface area (Å²) in [5.41, 5.74) is 1.40. The van der Waals surface area contributed by atoms with Crippen molar-refractivity contribution in [2.75, 3.05) is 38.2 Å². The van der Waals surface area contributed by atoms with E-state index in [1.807, 2.05) is 24.3 Å². The molecule has 0 N–H and O–H groups in total. The lowest BCUT2D eigenvalue weighted by Gasteiger charge is -2.36. The molecule has 9 nitrogen and oxygen atoms in total. The third kappa shape index (κ3) is 3.43. The molecule has 1 aliphatic rings. The maximum absolute atomic E-state index is 12.9. The third-order valence-electron chi connectivity index (χ3n) is 5.31. The van der Waals surface area contributed by atoms with E-state index in [1.54, 1.807) is 25.9 Å². The van der Waals surface area contributed by atoms with E-state index in [-0.39, 0.29) is 23.7 Å². The first-order valence-electron chi connectivity index (χ1n) is 9.48. The number of methoxy groups -OCH3 is 1. The number of nitrogens with zero attached hydrogens (tertiary/aromatic N) is 5. The minimum Gasteiger partial charge on any atom is -0.495 e. The lowest BCUT2D eigenvalue weighted by atomic mass is 10.2. The maximum atomic E-state index is 12.9. The van der Waals surface area contributed by atoms with E-state index in [1.165, 1.54) is 4.57 Å². The van der Waals surface area contributed by atoms with E-state index in [0.29, 0.717) is 43.1 Å². The molecular weight excluding hydrogens is 374 g/mol. The summed E-state index contributed by atoms with van der Waals surface area (Å²) >= 11 is 0. The maximum Gasteiger partial charge on any atom is 0.267 e. The van der Waals surface area contributed by atoms with Crippen LogP contribution >= 0.6 is 0 Å². The van der Waals surface area contributed by atoms with Crippen LogP contribution in [-0.2, 0) is 11.3 Å². The first kappa shape index (κ1) is 19.0. The quantitative estimate of drug-likeness (QED) is 0.656. The Bertz CT molecular complexity index is 1110. The van der Waals surface area contributed by atoms with Gasteiger partial charge >= 0.3 is 0 Å². The molecule has 3 aromatic rings. The Morgan fingerprint density at radius 2 is 1.90 bits per heavy atom. The SMILES string of the molecule is COc1ccccc1N1CCN(C(=O)Cn2c(C)nc3onc(C)c3c2=O)CC1. The highest BCUT2D eigenvalue weighted by Crippen LogP contribution is 2.28. The molecule has 29 heavy (non-hydrogen) atoms. The van der Waals surface area contributed by atoms with Gasteiger partial charge in [0.2, 0.25) is 5.91 Å². The highest BCUT2D eigenvalue weighted by atomic mass is 16.5. The van der Waals surface area contributed by atoms with E-state index < -0.39 is 0 Å². The number of carbonyl (C=O) groups is 1. The summed E-state index contributed by atoms with van der Waals surface area (Å²) in [6.07, 6.45) is 0. The molecule has 0 radical (unpaired) electrons. The van der Waals surface area contributed by atoms with Gasteiger partial charge in [-0.15, -0.1) is 0 Å². The third-order valence-corrected chi connectivity index (χ3v) is 5.31. The molecule has 0 saturated carbocycles. The molecule has 1 aromatic carbocycles. The van der Waals surface area contributed by atoms with Gasteiger partial charge in [0.15, 0.2) is 0 Å². The van der Waals surface area contributed by atoms with Crippen molar-refractivity contribution in [3.05, 3.63) is 46.1 Å². The summed E-state index contributed by atoms with van der Waals surface area (Å²) < 4.78 is 11.9. The topological polar surface area (TPSA) is 93.7 Å². The van der Waals surface area contributed by atoms with Crippen LogP contribution in [-0.4, -0.2) is 58.8 Å². The van der Waals surface area contributed by atoms with Crippen molar-refractivity contribution in [1.82, 2.24) is 19.6 Å². The fourth-order valence-corrected chi connectivity index (χ4v) is 3.68. The zero-order valence-corrected chi connectivity index (χ0v) is 16.7. The Kier molecular flexibility index (Phi) is 4.96. The smallest absolute Gasteiger partial charge is 0.267 e. The van der Waals surface area contributed by atoms with Gasteiger partial charge in [-0.3, -0.25) is 14.2 Å². The van der Waals surface area contributed by atoms with Crippen LogP contribution in [0.3, 0.4) is 0 Å². The Morgan fingerprint density at radius 3 is 2.62 bits per heavy atom. The fraction of sp³-hybridized carbons (Fsp3) is 0.400. The molecule has 1 fully saturated rings. The summed E-state index contributed by atoms with van der Waals surface area (Å²) in [4.78, 5) is 33.9. The molecule has 0 spiro atoms. The van der Waals surface area contributed by atoms with Crippen LogP contribution in [0.5, 0.6) is 5.75 Å². The number of para-hydroxylation sites is 2. The summed E-state index contributed by atoms with van der Waals surface area (Å²) in [5.74, 6) is 1.14. The molecule has 1 amide bonds. The number of ether oxygens (including phenoxy) is 1. The molecule has 0 aliphatic carbocycles. The van der Waals surface area contributed by atoms with Gasteiger partial charge in [-0.05, 0) is 26.0 Å². The molecule has 2 aromatic heterocycles. The molecule has 1 saturated heterocycles. The van der Waals surface area contributed by atoms with Crippen LogP contribution in [0.15, 0.2) is 33.6 Å². The van der Waals surface area contributed by atoms with Crippen molar-refractivity contribution in [1.29, 1.82) is 0 Å². The van der Waals surface area contributed by atoms with E-state index in [0.717, 1.165) is 11.4 Å². The zero-order valence-electron chi connectivity index (χ0n) is 16.7. The highest BCUT2D eigenvalue weighted by molar-refractivity contribution is 5.78. The molecule has 9 heteroatoms. The van der Waals surface area contributed by atoms with E-state index in [2.05, 4.69) is 15.0 Å². The van der Waals surface area contributed by atoms with Gasteiger partial charge in [0.25, 0.3) is 11.3 Å². The number of carbonyl (C=O) groups excluding carboxylic acids is 1. The van der Waals surface area contributed by atoms with E-state index in [4.69, 9.17) is 9.26 Å². The van der Waals surface area contributed by atoms with Crippen molar-refractivity contribution in [3.63, 3.8) is 0 Å². The second-order valence-corrected chi connectivity index (χ2v) is 7.04. The molecule has 0 atom stereocenters. The van der Waals surface area contributed by atoms with Crippen LogP contribution in [0.25, 0.3) is 11.1 Å². The Labute approximate surface area is 167 Å². The van der Waals surface area contributed by atoms with Gasteiger partial charge in [-0.2, -0.15) is 4.98 Å². The lowest BCUT2D eigenvalue weighted by molar-refractivity contribution is -0.132. The molecule has 3 heterocycles. The number of benzene rings is 1. The molecule has 0 bridgehead atoms. The van der Waals surface area contributed by atoms with Crippen molar-refractivity contribution in [2.45, 2.75) is 20.4 Å². The van der Waals surface area contributed by atoms with Crippen molar-refractivity contribution in [3.8, 4) is 5.75 Å². The van der Waals surface area contributed by atoms with Crippen molar-refractivity contribution >= 4 is 22.7 Å². The zero-order chi connectivity index (χ0) is 20.5. The second kappa shape index (κ2) is 7.57. The van der Waals surface area contributed by atoms with Crippen molar-refractivity contribution in [2.24, 2.45) is 0 Å². The van der Waals surface area contributed by atoms with Gasteiger partial charge < -0.3 is 19.1 Å². The van der Waals surface area contributed by atoms with Gasteiger partial charge in [0, 0.05) is 26.2 Å². The van der Waals surface area contributed by atoms with Gasteiger partial charge in [0.1, 0.15) is 23.5 Å². The number of hydrogen-bond acceptors (Lipinski definition) is 7. The average Bonchev–Trinajstić information content (AvgIpc) is 3.11. The van der Waals surface area contributed by atoms with Gasteiger partial charge in [-0.1, -0.05) is 17.3 Å². The first-order valence-corrected chi connectivity index (χ1v) is 9.48. The summed E-state index contributed by atoms with van der Waals surface area (Å²) in [6, 6.07) is 7.85. The average molecular weight is 397 g/mol.